The third-order valence-corrected chi connectivity index (χ3v) is 5.84. The highest BCUT2D eigenvalue weighted by atomic mass is 32.2. The molecule has 142 valence electrons. The van der Waals surface area contributed by atoms with E-state index in [0.717, 1.165) is 11.3 Å². The fourth-order valence-electron chi connectivity index (χ4n) is 2.76. The Morgan fingerprint density at radius 3 is 2.30 bits per heavy atom. The minimum absolute atomic E-state index is 0.103. The third-order valence-electron chi connectivity index (χ3n) is 4.33. The average Bonchev–Trinajstić information content (AvgIpc) is 2.73. The summed E-state index contributed by atoms with van der Waals surface area (Å²) in [6, 6.07) is 13.1. The van der Waals surface area contributed by atoms with Crippen molar-refractivity contribution in [3.8, 4) is 5.75 Å². The van der Waals surface area contributed by atoms with E-state index in [1.54, 1.807) is 54.5 Å². The van der Waals surface area contributed by atoms with Gasteiger partial charge in [0.25, 0.3) is 0 Å². The Balaban J connectivity index is 1.52. The van der Waals surface area contributed by atoms with Crippen molar-refractivity contribution in [2.75, 3.05) is 33.3 Å². The van der Waals surface area contributed by atoms with Crippen LogP contribution in [0.25, 0.3) is 6.08 Å². The van der Waals surface area contributed by atoms with Crippen molar-refractivity contribution < 1.29 is 18.5 Å². The van der Waals surface area contributed by atoms with Crippen molar-refractivity contribution in [2.24, 2.45) is 0 Å². The van der Waals surface area contributed by atoms with E-state index >= 15 is 0 Å². The van der Waals surface area contributed by atoms with Crippen LogP contribution >= 0.6 is 0 Å². The van der Waals surface area contributed by atoms with Crippen molar-refractivity contribution in [1.82, 2.24) is 9.21 Å². The third kappa shape index (κ3) is 5.09. The number of methoxy groups -OCH3 is 1. The molecule has 0 saturated carbocycles. The van der Waals surface area contributed by atoms with Crippen LogP contribution in [0, 0.1) is 5.82 Å². The Hall–Kier alpha value is -2.35. The molecule has 5 nitrogen and oxygen atoms in total. The van der Waals surface area contributed by atoms with Gasteiger partial charge in [-0.15, -0.1) is 4.31 Å². The van der Waals surface area contributed by atoms with Crippen LogP contribution in [0.5, 0.6) is 5.75 Å². The number of halogens is 1. The van der Waals surface area contributed by atoms with Gasteiger partial charge in [-0.3, -0.25) is 4.79 Å². The maximum atomic E-state index is 12.9. The van der Waals surface area contributed by atoms with Crippen LogP contribution in [0.1, 0.15) is 5.56 Å². The van der Waals surface area contributed by atoms with Gasteiger partial charge < -0.3 is 14.2 Å². The number of amides is 1. The molecule has 0 radical (unpaired) electrons. The molecule has 1 aliphatic rings. The van der Waals surface area contributed by atoms with Gasteiger partial charge in [-0.2, -0.15) is 0 Å². The average molecular weight is 388 g/mol. The lowest BCUT2D eigenvalue weighted by Crippen LogP contribution is -2.50. The van der Waals surface area contributed by atoms with Crippen LogP contribution in [0.3, 0.4) is 0 Å². The smallest absolute Gasteiger partial charge is 0.246 e. The van der Waals surface area contributed by atoms with Gasteiger partial charge in [0.2, 0.25) is 5.91 Å². The summed E-state index contributed by atoms with van der Waals surface area (Å²) >= 11 is -1.26. The molecule has 1 saturated heterocycles. The lowest BCUT2D eigenvalue weighted by atomic mass is 10.2. The van der Waals surface area contributed by atoms with E-state index < -0.39 is 11.4 Å². The van der Waals surface area contributed by atoms with Gasteiger partial charge in [0.1, 0.15) is 11.6 Å². The number of rotatable bonds is 5. The molecular weight excluding hydrogens is 367 g/mol. The zero-order valence-corrected chi connectivity index (χ0v) is 15.8. The first-order chi connectivity index (χ1) is 13.1. The maximum Gasteiger partial charge on any atom is 0.246 e. The van der Waals surface area contributed by atoms with E-state index in [1.807, 2.05) is 4.31 Å². The standard InChI is InChI=1S/C20H21FN2O3S/c1-26-18-7-9-19(10-8-18)27(25)23-14-12-22(13-15-23)20(24)11-4-16-2-5-17(21)6-3-16/h2-11H,12-15H2,1H3/b11-4+. The summed E-state index contributed by atoms with van der Waals surface area (Å²) < 4.78 is 32.5. The van der Waals surface area contributed by atoms with Crippen LogP contribution in [-0.4, -0.2) is 53.0 Å². The summed E-state index contributed by atoms with van der Waals surface area (Å²) in [5, 5.41) is 0. The minimum atomic E-state index is -1.26. The fraction of sp³-hybridized carbons (Fsp3) is 0.250. The van der Waals surface area contributed by atoms with Crippen LogP contribution in [0.15, 0.2) is 59.5 Å². The monoisotopic (exact) mass is 388 g/mol. The number of benzene rings is 2. The fourth-order valence-corrected chi connectivity index (χ4v) is 3.92. The second kappa shape index (κ2) is 9.03. The van der Waals surface area contributed by atoms with Gasteiger partial charge in [0.15, 0.2) is 4.90 Å². The number of nitrogens with zero attached hydrogens (tertiary/aromatic N) is 2. The molecular formula is C20H21FN2O3S. The van der Waals surface area contributed by atoms with Gasteiger partial charge in [0.05, 0.1) is 31.6 Å². The topological polar surface area (TPSA) is 55.8 Å². The molecule has 1 heterocycles. The molecule has 0 aromatic heterocycles. The molecule has 2 aromatic rings. The second-order valence-corrected chi connectivity index (χ2v) is 7.55. The molecule has 1 amide bonds. The number of piperazine rings is 1. The van der Waals surface area contributed by atoms with E-state index in [-0.39, 0.29) is 11.7 Å². The Kier molecular flexibility index (Phi) is 6.49. The van der Waals surface area contributed by atoms with Gasteiger partial charge >= 0.3 is 0 Å². The normalized spacial score (nSPS) is 16.5. The highest BCUT2D eigenvalue weighted by Gasteiger charge is 2.28. The predicted octanol–water partition coefficient (Wildman–Crippen LogP) is 2.71. The van der Waals surface area contributed by atoms with Crippen molar-refractivity contribution >= 4 is 23.3 Å². The zero-order valence-electron chi connectivity index (χ0n) is 15.0. The van der Waals surface area contributed by atoms with E-state index in [2.05, 4.69) is 0 Å². The summed E-state index contributed by atoms with van der Waals surface area (Å²) in [5.74, 6) is 0.313. The van der Waals surface area contributed by atoms with E-state index in [4.69, 9.17) is 4.74 Å². The first kappa shape index (κ1) is 19.4. The van der Waals surface area contributed by atoms with Crippen molar-refractivity contribution in [3.05, 3.63) is 66.0 Å². The number of hydrogen-bond acceptors (Lipinski definition) is 4. The number of carbonyl (C=O) groups excluding carboxylic acids is 1. The highest BCUT2D eigenvalue weighted by Crippen LogP contribution is 2.20. The van der Waals surface area contributed by atoms with Gasteiger partial charge in [0, 0.05) is 19.2 Å². The van der Waals surface area contributed by atoms with Gasteiger partial charge in [-0.1, -0.05) is 12.1 Å². The molecule has 0 bridgehead atoms. The first-order valence-electron chi connectivity index (χ1n) is 8.60. The summed E-state index contributed by atoms with van der Waals surface area (Å²) in [7, 11) is 1.59. The highest BCUT2D eigenvalue weighted by molar-refractivity contribution is 7.89. The van der Waals surface area contributed by atoms with Crippen LogP contribution in [-0.2, 0) is 16.2 Å². The molecule has 0 N–H and O–H groups in total. The van der Waals surface area contributed by atoms with Crippen molar-refractivity contribution in [1.29, 1.82) is 0 Å². The summed E-state index contributed by atoms with van der Waals surface area (Å²) in [6.07, 6.45) is 3.16. The molecule has 27 heavy (non-hydrogen) atoms. The molecule has 0 spiro atoms. The summed E-state index contributed by atoms with van der Waals surface area (Å²) in [6.45, 7) is 2.09. The molecule has 1 fully saturated rings. The van der Waals surface area contributed by atoms with Crippen LogP contribution in [0.2, 0.25) is 0 Å². The van der Waals surface area contributed by atoms with Crippen molar-refractivity contribution in [2.45, 2.75) is 4.90 Å². The molecule has 1 atom stereocenters. The molecule has 3 rings (SSSR count). The largest absolute Gasteiger partial charge is 0.593 e. The molecule has 7 heteroatoms. The SMILES string of the molecule is COc1ccc([S+]([O-])N2CCN(C(=O)/C=C/c3ccc(F)cc3)CC2)cc1. The van der Waals surface area contributed by atoms with Crippen molar-refractivity contribution in [3.63, 3.8) is 0 Å². The molecule has 2 aromatic carbocycles. The quantitative estimate of drug-likeness (QED) is 0.584. The lowest BCUT2D eigenvalue weighted by Gasteiger charge is -2.33. The molecule has 1 aliphatic heterocycles. The summed E-state index contributed by atoms with van der Waals surface area (Å²) in [5.41, 5.74) is 0.768. The van der Waals surface area contributed by atoms with Gasteiger partial charge in [-0.05, 0) is 48.0 Å². The van der Waals surface area contributed by atoms with E-state index in [0.29, 0.717) is 31.1 Å². The lowest BCUT2D eigenvalue weighted by molar-refractivity contribution is -0.127. The Morgan fingerprint density at radius 2 is 1.70 bits per heavy atom. The van der Waals surface area contributed by atoms with Crippen LogP contribution < -0.4 is 4.74 Å². The predicted molar refractivity (Wildman–Crippen MR) is 103 cm³/mol. The Labute approximate surface area is 161 Å². The van der Waals surface area contributed by atoms with E-state index in [1.165, 1.54) is 18.2 Å². The zero-order chi connectivity index (χ0) is 19.2. The number of hydrogen-bond donors (Lipinski definition) is 0. The van der Waals surface area contributed by atoms with Crippen LogP contribution in [0.4, 0.5) is 4.39 Å². The molecule has 1 unspecified atom stereocenters. The first-order valence-corrected chi connectivity index (χ1v) is 9.71. The van der Waals surface area contributed by atoms with Gasteiger partial charge in [-0.25, -0.2) is 4.39 Å². The van der Waals surface area contributed by atoms with E-state index in [9.17, 15) is 13.7 Å². The minimum Gasteiger partial charge on any atom is -0.593 e. The summed E-state index contributed by atoms with van der Waals surface area (Å²) in [4.78, 5) is 14.8. The second-order valence-electron chi connectivity index (χ2n) is 6.06. The number of carbonyl (C=O) groups is 1. The molecule has 0 aliphatic carbocycles. The number of ether oxygens (including phenoxy) is 1. The maximum absolute atomic E-state index is 12.9. The Bertz CT molecular complexity index is 788. The Morgan fingerprint density at radius 1 is 1.07 bits per heavy atom.